The molecule has 3 rings (SSSR count). The van der Waals surface area contributed by atoms with Gasteiger partial charge in [0.1, 0.15) is 5.82 Å². The van der Waals surface area contributed by atoms with Crippen molar-refractivity contribution in [3.05, 3.63) is 30.1 Å². The molecule has 114 valence electrons. The highest BCUT2D eigenvalue weighted by atomic mass is 15.1. The van der Waals surface area contributed by atoms with Crippen molar-refractivity contribution in [2.24, 2.45) is 11.1 Å². The van der Waals surface area contributed by atoms with Gasteiger partial charge in [-0.3, -0.25) is 0 Å². The van der Waals surface area contributed by atoms with Gasteiger partial charge in [-0.05, 0) is 43.7 Å². The van der Waals surface area contributed by atoms with Gasteiger partial charge in [-0.2, -0.15) is 0 Å². The summed E-state index contributed by atoms with van der Waals surface area (Å²) in [5.74, 6) is 1.16. The Labute approximate surface area is 127 Å². The fourth-order valence-corrected chi connectivity index (χ4v) is 4.11. The van der Waals surface area contributed by atoms with Crippen LogP contribution in [0.2, 0.25) is 0 Å². The van der Waals surface area contributed by atoms with Crippen LogP contribution in [-0.2, 0) is 13.0 Å². The lowest BCUT2D eigenvalue weighted by Crippen LogP contribution is -2.41. The van der Waals surface area contributed by atoms with E-state index in [1.807, 2.05) is 0 Å². The molecule has 0 bridgehead atoms. The Kier molecular flexibility index (Phi) is 4.03. The number of aromatic nitrogens is 2. The number of hydrogen-bond donors (Lipinski definition) is 1. The van der Waals surface area contributed by atoms with Crippen molar-refractivity contribution in [3.8, 4) is 0 Å². The summed E-state index contributed by atoms with van der Waals surface area (Å²) in [5.41, 5.74) is 9.32. The van der Waals surface area contributed by atoms with Gasteiger partial charge in [0.15, 0.2) is 0 Å². The molecule has 1 aliphatic rings. The van der Waals surface area contributed by atoms with E-state index in [-0.39, 0.29) is 6.04 Å². The van der Waals surface area contributed by atoms with Gasteiger partial charge in [-0.15, -0.1) is 0 Å². The molecule has 0 aliphatic heterocycles. The number of rotatable bonds is 5. The summed E-state index contributed by atoms with van der Waals surface area (Å²) in [4.78, 5) is 4.84. The molecule has 1 fully saturated rings. The Hall–Kier alpha value is -1.35. The number of fused-ring (bicyclic) bond motifs is 1. The molecule has 0 spiro atoms. The predicted molar refractivity (Wildman–Crippen MR) is 88.3 cm³/mol. The van der Waals surface area contributed by atoms with Crippen LogP contribution in [0, 0.1) is 5.41 Å². The molecule has 1 saturated carbocycles. The molecular weight excluding hydrogens is 258 g/mol. The molecule has 3 nitrogen and oxygen atoms in total. The number of nitrogens with zero attached hydrogens (tertiary/aromatic N) is 2. The van der Waals surface area contributed by atoms with E-state index in [9.17, 15) is 0 Å². The largest absolute Gasteiger partial charge is 0.328 e. The van der Waals surface area contributed by atoms with Crippen LogP contribution in [0.3, 0.4) is 0 Å². The summed E-state index contributed by atoms with van der Waals surface area (Å²) in [5, 5.41) is 0. The maximum Gasteiger partial charge on any atom is 0.111 e. The minimum Gasteiger partial charge on any atom is -0.328 e. The van der Waals surface area contributed by atoms with E-state index in [1.54, 1.807) is 0 Å². The first-order valence-electron chi connectivity index (χ1n) is 8.40. The van der Waals surface area contributed by atoms with E-state index in [4.69, 9.17) is 10.7 Å². The lowest BCUT2D eigenvalue weighted by Gasteiger charge is -2.34. The van der Waals surface area contributed by atoms with Crippen molar-refractivity contribution >= 4 is 11.0 Å². The topological polar surface area (TPSA) is 43.8 Å². The van der Waals surface area contributed by atoms with Gasteiger partial charge in [0.2, 0.25) is 0 Å². The number of imidazole rings is 1. The molecule has 3 heteroatoms. The van der Waals surface area contributed by atoms with E-state index in [0.717, 1.165) is 24.3 Å². The number of aryl methyl sites for hydroxylation is 1. The zero-order valence-corrected chi connectivity index (χ0v) is 13.3. The highest BCUT2D eigenvalue weighted by Crippen LogP contribution is 2.44. The number of hydrogen-bond acceptors (Lipinski definition) is 2. The maximum absolute atomic E-state index is 6.65. The van der Waals surface area contributed by atoms with Crippen molar-refractivity contribution in [2.75, 3.05) is 0 Å². The molecule has 2 aromatic rings. The van der Waals surface area contributed by atoms with Crippen molar-refractivity contribution < 1.29 is 0 Å². The molecule has 1 aliphatic carbocycles. The Morgan fingerprint density at radius 2 is 1.95 bits per heavy atom. The van der Waals surface area contributed by atoms with Gasteiger partial charge < -0.3 is 10.3 Å². The summed E-state index contributed by atoms with van der Waals surface area (Å²) >= 11 is 0. The average Bonchev–Trinajstić information content (AvgIpc) is 3.12. The fraction of sp³-hybridized carbons (Fsp3) is 0.611. The zero-order chi connectivity index (χ0) is 14.9. The lowest BCUT2D eigenvalue weighted by atomic mass is 9.75. The third-order valence-electron chi connectivity index (χ3n) is 5.54. The predicted octanol–water partition coefficient (Wildman–Crippen LogP) is 3.90. The van der Waals surface area contributed by atoms with E-state index in [2.05, 4.69) is 42.7 Å². The Morgan fingerprint density at radius 1 is 1.24 bits per heavy atom. The molecule has 1 heterocycles. The van der Waals surface area contributed by atoms with Crippen molar-refractivity contribution in [2.45, 2.75) is 65.0 Å². The molecule has 0 saturated heterocycles. The summed E-state index contributed by atoms with van der Waals surface area (Å²) in [6.45, 7) is 5.45. The van der Waals surface area contributed by atoms with E-state index in [0.29, 0.717) is 5.41 Å². The van der Waals surface area contributed by atoms with Gasteiger partial charge >= 0.3 is 0 Å². The first-order valence-corrected chi connectivity index (χ1v) is 8.40. The van der Waals surface area contributed by atoms with Crippen LogP contribution in [0.25, 0.3) is 11.0 Å². The van der Waals surface area contributed by atoms with Gasteiger partial charge in [-0.1, -0.05) is 31.9 Å². The van der Waals surface area contributed by atoms with Crippen LogP contribution in [0.5, 0.6) is 0 Å². The molecule has 1 atom stereocenters. The van der Waals surface area contributed by atoms with Gasteiger partial charge in [0, 0.05) is 19.0 Å². The average molecular weight is 285 g/mol. The Balaban J connectivity index is 1.90. The summed E-state index contributed by atoms with van der Waals surface area (Å²) in [6.07, 6.45) is 7.35. The SMILES string of the molecule is CCn1c(CC(N)C2(CC)CCCC2)nc2ccccc21. The quantitative estimate of drug-likeness (QED) is 0.905. The van der Waals surface area contributed by atoms with Gasteiger partial charge in [-0.25, -0.2) is 4.98 Å². The Morgan fingerprint density at radius 3 is 2.62 bits per heavy atom. The molecule has 0 amide bonds. The molecule has 21 heavy (non-hydrogen) atoms. The zero-order valence-electron chi connectivity index (χ0n) is 13.3. The first-order chi connectivity index (χ1) is 10.2. The van der Waals surface area contributed by atoms with Crippen LogP contribution >= 0.6 is 0 Å². The minimum atomic E-state index is 0.229. The second kappa shape index (κ2) is 5.80. The summed E-state index contributed by atoms with van der Waals surface area (Å²) in [6, 6.07) is 8.63. The van der Waals surface area contributed by atoms with Gasteiger partial charge in [0.25, 0.3) is 0 Å². The third kappa shape index (κ3) is 2.48. The number of nitrogens with two attached hydrogens (primary N) is 1. The fourth-order valence-electron chi connectivity index (χ4n) is 4.11. The molecular formula is C18H27N3. The maximum atomic E-state index is 6.65. The van der Waals surface area contributed by atoms with Crippen molar-refractivity contribution in [3.63, 3.8) is 0 Å². The summed E-state index contributed by atoms with van der Waals surface area (Å²) < 4.78 is 2.33. The summed E-state index contributed by atoms with van der Waals surface area (Å²) in [7, 11) is 0. The van der Waals surface area contributed by atoms with Gasteiger partial charge in [0.05, 0.1) is 11.0 Å². The van der Waals surface area contributed by atoms with Crippen LogP contribution in [-0.4, -0.2) is 15.6 Å². The second-order valence-corrected chi connectivity index (χ2v) is 6.49. The molecule has 1 unspecified atom stereocenters. The number of para-hydroxylation sites is 2. The second-order valence-electron chi connectivity index (χ2n) is 6.49. The molecule has 1 aromatic heterocycles. The molecule has 2 N–H and O–H groups in total. The number of benzene rings is 1. The lowest BCUT2D eigenvalue weighted by molar-refractivity contribution is 0.216. The molecule has 0 radical (unpaired) electrons. The first kappa shape index (κ1) is 14.6. The normalized spacial score (nSPS) is 19.2. The Bertz CT molecular complexity index is 608. The smallest absolute Gasteiger partial charge is 0.111 e. The standard InChI is InChI=1S/C18H27N3/c1-3-18(11-7-8-12-18)16(19)13-17-20-14-9-5-6-10-15(14)21(17)4-2/h5-6,9-10,16H,3-4,7-8,11-13,19H2,1-2H3. The minimum absolute atomic E-state index is 0.229. The van der Waals surface area contributed by atoms with Crippen LogP contribution in [0.15, 0.2) is 24.3 Å². The third-order valence-corrected chi connectivity index (χ3v) is 5.54. The van der Waals surface area contributed by atoms with E-state index in [1.165, 1.54) is 37.6 Å². The van der Waals surface area contributed by atoms with E-state index < -0.39 is 0 Å². The highest BCUT2D eigenvalue weighted by Gasteiger charge is 2.38. The van der Waals surface area contributed by atoms with Crippen LogP contribution in [0.4, 0.5) is 0 Å². The monoisotopic (exact) mass is 285 g/mol. The van der Waals surface area contributed by atoms with Crippen molar-refractivity contribution in [1.29, 1.82) is 0 Å². The van der Waals surface area contributed by atoms with Crippen LogP contribution in [0.1, 0.15) is 51.8 Å². The van der Waals surface area contributed by atoms with Crippen molar-refractivity contribution in [1.82, 2.24) is 9.55 Å². The highest BCUT2D eigenvalue weighted by molar-refractivity contribution is 5.75. The van der Waals surface area contributed by atoms with Crippen LogP contribution < -0.4 is 5.73 Å². The molecule has 1 aromatic carbocycles. The van der Waals surface area contributed by atoms with E-state index >= 15 is 0 Å².